The number of carbonyl (C=O) groups excluding carboxylic acids is 1. The standard InChI is InChI=1S/C16H17NO2/c1-12(14-8-4-3-5-9-14)15-10-6-7-11-16(15)19-17-13(2)18/h3-12H,1-2H3,(H,17,18). The van der Waals surface area contributed by atoms with Gasteiger partial charge in [-0.15, -0.1) is 0 Å². The Morgan fingerprint density at radius 2 is 1.68 bits per heavy atom. The Bertz CT molecular complexity index is 552. The van der Waals surface area contributed by atoms with E-state index in [4.69, 9.17) is 4.84 Å². The van der Waals surface area contributed by atoms with E-state index in [0.29, 0.717) is 5.75 Å². The summed E-state index contributed by atoms with van der Waals surface area (Å²) in [4.78, 5) is 16.3. The molecule has 98 valence electrons. The van der Waals surface area contributed by atoms with E-state index in [9.17, 15) is 4.79 Å². The zero-order valence-corrected chi connectivity index (χ0v) is 11.1. The molecule has 2 aromatic carbocycles. The Balaban J connectivity index is 2.26. The molecule has 0 bridgehead atoms. The Morgan fingerprint density at radius 3 is 2.37 bits per heavy atom. The van der Waals surface area contributed by atoms with E-state index in [1.807, 2.05) is 42.5 Å². The van der Waals surface area contributed by atoms with Gasteiger partial charge >= 0.3 is 0 Å². The van der Waals surface area contributed by atoms with E-state index in [0.717, 1.165) is 5.56 Å². The summed E-state index contributed by atoms with van der Waals surface area (Å²) in [5.74, 6) is 0.655. The molecule has 1 amide bonds. The lowest BCUT2D eigenvalue weighted by atomic mass is 9.92. The van der Waals surface area contributed by atoms with Gasteiger partial charge in [0, 0.05) is 18.4 Å². The molecule has 2 rings (SSSR count). The summed E-state index contributed by atoms with van der Waals surface area (Å²) in [6.45, 7) is 3.54. The number of para-hydroxylation sites is 1. The van der Waals surface area contributed by atoms with Gasteiger partial charge in [0.05, 0.1) is 0 Å². The fraction of sp³-hybridized carbons (Fsp3) is 0.188. The second-order valence-electron chi connectivity index (χ2n) is 4.43. The number of hydrogen-bond acceptors (Lipinski definition) is 2. The fourth-order valence-corrected chi connectivity index (χ4v) is 1.98. The van der Waals surface area contributed by atoms with Gasteiger partial charge in [0.1, 0.15) is 0 Å². The van der Waals surface area contributed by atoms with E-state index >= 15 is 0 Å². The average Bonchev–Trinajstić information content (AvgIpc) is 2.45. The van der Waals surface area contributed by atoms with Gasteiger partial charge in [-0.3, -0.25) is 4.79 Å². The molecule has 19 heavy (non-hydrogen) atoms. The number of amides is 1. The van der Waals surface area contributed by atoms with Crippen LogP contribution in [0.5, 0.6) is 5.75 Å². The van der Waals surface area contributed by atoms with Crippen molar-refractivity contribution in [3.63, 3.8) is 0 Å². The molecule has 1 unspecified atom stereocenters. The molecule has 0 fully saturated rings. The molecule has 0 spiro atoms. The first-order valence-electron chi connectivity index (χ1n) is 6.26. The lowest BCUT2D eigenvalue weighted by Gasteiger charge is -2.16. The van der Waals surface area contributed by atoms with Crippen LogP contribution in [-0.2, 0) is 4.79 Å². The smallest absolute Gasteiger partial charge is 0.249 e. The number of rotatable bonds is 4. The van der Waals surface area contributed by atoms with Gasteiger partial charge < -0.3 is 4.84 Å². The minimum Gasteiger partial charge on any atom is -0.379 e. The predicted octanol–water partition coefficient (Wildman–Crippen LogP) is 3.27. The number of hydrogen-bond donors (Lipinski definition) is 1. The molecule has 0 radical (unpaired) electrons. The van der Waals surface area contributed by atoms with Crippen LogP contribution >= 0.6 is 0 Å². The Hall–Kier alpha value is -2.29. The van der Waals surface area contributed by atoms with Gasteiger partial charge in [-0.25, -0.2) is 0 Å². The van der Waals surface area contributed by atoms with Gasteiger partial charge in [0.25, 0.3) is 0 Å². The van der Waals surface area contributed by atoms with Crippen molar-refractivity contribution in [2.24, 2.45) is 0 Å². The Morgan fingerprint density at radius 1 is 1.05 bits per heavy atom. The molecule has 0 saturated heterocycles. The third-order valence-corrected chi connectivity index (χ3v) is 2.99. The van der Waals surface area contributed by atoms with Crippen LogP contribution in [0.4, 0.5) is 0 Å². The first-order chi connectivity index (χ1) is 9.18. The van der Waals surface area contributed by atoms with E-state index in [1.54, 1.807) is 0 Å². The lowest BCUT2D eigenvalue weighted by molar-refractivity contribution is -0.125. The summed E-state index contributed by atoms with van der Waals surface area (Å²) >= 11 is 0. The van der Waals surface area contributed by atoms with E-state index < -0.39 is 0 Å². The molecule has 1 atom stereocenters. The largest absolute Gasteiger partial charge is 0.379 e. The maximum absolute atomic E-state index is 10.9. The van der Waals surface area contributed by atoms with Gasteiger partial charge in [-0.1, -0.05) is 55.5 Å². The first-order valence-corrected chi connectivity index (χ1v) is 6.26. The highest BCUT2D eigenvalue weighted by atomic mass is 16.7. The molecular weight excluding hydrogens is 238 g/mol. The van der Waals surface area contributed by atoms with Crippen molar-refractivity contribution in [1.82, 2.24) is 5.48 Å². The predicted molar refractivity (Wildman–Crippen MR) is 74.8 cm³/mol. The number of carbonyl (C=O) groups is 1. The van der Waals surface area contributed by atoms with E-state index in [1.165, 1.54) is 12.5 Å². The van der Waals surface area contributed by atoms with Crippen molar-refractivity contribution in [2.45, 2.75) is 19.8 Å². The van der Waals surface area contributed by atoms with Crippen LogP contribution in [0.3, 0.4) is 0 Å². The lowest BCUT2D eigenvalue weighted by Crippen LogP contribution is -2.24. The second kappa shape index (κ2) is 6.05. The van der Waals surface area contributed by atoms with E-state index in [2.05, 4.69) is 24.5 Å². The third-order valence-electron chi connectivity index (χ3n) is 2.99. The molecule has 0 aliphatic heterocycles. The molecule has 0 aromatic heterocycles. The molecule has 1 N–H and O–H groups in total. The minimum absolute atomic E-state index is 0.200. The molecule has 3 nitrogen and oxygen atoms in total. The van der Waals surface area contributed by atoms with Crippen LogP contribution < -0.4 is 10.3 Å². The third kappa shape index (κ3) is 3.35. The van der Waals surface area contributed by atoms with Gasteiger partial charge in [0.15, 0.2) is 5.75 Å². The van der Waals surface area contributed by atoms with Crippen molar-refractivity contribution in [3.8, 4) is 5.75 Å². The quantitative estimate of drug-likeness (QED) is 0.851. The molecule has 0 aliphatic rings. The Labute approximate surface area is 113 Å². The zero-order chi connectivity index (χ0) is 13.7. The van der Waals surface area contributed by atoms with Crippen LogP contribution in [0, 0.1) is 0 Å². The van der Waals surface area contributed by atoms with Crippen LogP contribution in [0.1, 0.15) is 30.9 Å². The average molecular weight is 255 g/mol. The van der Waals surface area contributed by atoms with Crippen molar-refractivity contribution in [3.05, 3.63) is 65.7 Å². The summed E-state index contributed by atoms with van der Waals surface area (Å²) in [6, 6.07) is 17.9. The minimum atomic E-state index is -0.220. The second-order valence-corrected chi connectivity index (χ2v) is 4.43. The van der Waals surface area contributed by atoms with Crippen LogP contribution in [-0.4, -0.2) is 5.91 Å². The number of nitrogens with one attached hydrogen (secondary N) is 1. The van der Waals surface area contributed by atoms with Crippen LogP contribution in [0.25, 0.3) is 0 Å². The maximum Gasteiger partial charge on any atom is 0.249 e. The molecular formula is C16H17NO2. The topological polar surface area (TPSA) is 38.3 Å². The SMILES string of the molecule is CC(=O)NOc1ccccc1C(C)c1ccccc1. The highest BCUT2D eigenvalue weighted by molar-refractivity contribution is 5.71. The van der Waals surface area contributed by atoms with Gasteiger partial charge in [-0.2, -0.15) is 5.48 Å². The van der Waals surface area contributed by atoms with Crippen LogP contribution in [0.2, 0.25) is 0 Å². The monoisotopic (exact) mass is 255 g/mol. The summed E-state index contributed by atoms with van der Waals surface area (Å²) in [7, 11) is 0. The molecule has 0 saturated carbocycles. The van der Waals surface area contributed by atoms with Crippen LogP contribution in [0.15, 0.2) is 54.6 Å². The number of benzene rings is 2. The molecule has 3 heteroatoms. The highest BCUT2D eigenvalue weighted by Crippen LogP contribution is 2.30. The van der Waals surface area contributed by atoms with E-state index in [-0.39, 0.29) is 11.8 Å². The summed E-state index contributed by atoms with van der Waals surface area (Å²) in [6.07, 6.45) is 0. The van der Waals surface area contributed by atoms with Crippen molar-refractivity contribution in [1.29, 1.82) is 0 Å². The number of hydroxylamine groups is 1. The van der Waals surface area contributed by atoms with Crippen molar-refractivity contribution < 1.29 is 9.63 Å². The van der Waals surface area contributed by atoms with Gasteiger partial charge in [0.2, 0.25) is 5.91 Å². The van der Waals surface area contributed by atoms with Crippen molar-refractivity contribution >= 4 is 5.91 Å². The Kier molecular flexibility index (Phi) is 4.18. The zero-order valence-electron chi connectivity index (χ0n) is 11.1. The highest BCUT2D eigenvalue weighted by Gasteiger charge is 2.13. The van der Waals surface area contributed by atoms with Gasteiger partial charge in [-0.05, 0) is 11.6 Å². The normalized spacial score (nSPS) is 11.7. The molecule has 0 aliphatic carbocycles. The summed E-state index contributed by atoms with van der Waals surface area (Å²) in [5, 5.41) is 0. The molecule has 0 heterocycles. The fourth-order valence-electron chi connectivity index (χ4n) is 1.98. The summed E-state index contributed by atoms with van der Waals surface area (Å²) < 4.78 is 0. The molecule has 2 aromatic rings. The maximum atomic E-state index is 10.9. The summed E-state index contributed by atoms with van der Waals surface area (Å²) in [5.41, 5.74) is 4.62. The first kappa shape index (κ1) is 13.1. The van der Waals surface area contributed by atoms with Crippen molar-refractivity contribution in [2.75, 3.05) is 0 Å².